The van der Waals surface area contributed by atoms with E-state index in [2.05, 4.69) is 28.5 Å². The molecule has 2 aromatic rings. The van der Waals surface area contributed by atoms with Crippen molar-refractivity contribution in [3.63, 3.8) is 0 Å². The van der Waals surface area contributed by atoms with Crippen LogP contribution in [0.3, 0.4) is 0 Å². The molecule has 0 unspecified atom stereocenters. The van der Waals surface area contributed by atoms with Crippen LogP contribution in [0.1, 0.15) is 0 Å². The summed E-state index contributed by atoms with van der Waals surface area (Å²) in [6.07, 6.45) is 3.68. The summed E-state index contributed by atoms with van der Waals surface area (Å²) in [6, 6.07) is 8.24. The molecule has 0 amide bonds. The van der Waals surface area contributed by atoms with E-state index in [1.54, 1.807) is 6.20 Å². The molecule has 0 fully saturated rings. The number of fused-ring (bicyclic) bond motifs is 1. The first-order valence-electron chi connectivity index (χ1n) is 3.92. The number of nitrogens with zero attached hydrogens (tertiary/aromatic N) is 1. The average molecular weight is 158 g/mol. The lowest BCUT2D eigenvalue weighted by atomic mass is 10.1. The van der Waals surface area contributed by atoms with Crippen LogP contribution < -0.4 is 5.32 Å². The Morgan fingerprint density at radius 2 is 2.08 bits per heavy atom. The molecule has 2 rings (SSSR count). The molecule has 2 heteroatoms. The number of nitrogens with one attached hydrogen (secondary N) is 1. The summed E-state index contributed by atoms with van der Waals surface area (Å²) in [4.78, 5) is 4.06. The van der Waals surface area contributed by atoms with Crippen molar-refractivity contribution in [1.82, 2.24) is 4.98 Å². The standard InChI is InChI=1S/C10H10N2/c1-11-10-3-2-8-4-5-12-7-9(8)6-10/h2-7,11H,1H3. The van der Waals surface area contributed by atoms with Crippen molar-refractivity contribution >= 4 is 16.5 Å². The maximum atomic E-state index is 4.06. The lowest BCUT2D eigenvalue weighted by molar-refractivity contribution is 1.36. The van der Waals surface area contributed by atoms with Crippen LogP contribution in [0.2, 0.25) is 0 Å². The third-order valence-electron chi connectivity index (χ3n) is 1.93. The Morgan fingerprint density at radius 3 is 2.92 bits per heavy atom. The third kappa shape index (κ3) is 1.11. The molecule has 1 aromatic carbocycles. The summed E-state index contributed by atoms with van der Waals surface area (Å²) in [5.74, 6) is 0. The van der Waals surface area contributed by atoms with Crippen molar-refractivity contribution in [3.05, 3.63) is 36.7 Å². The molecule has 0 radical (unpaired) electrons. The number of benzene rings is 1. The van der Waals surface area contributed by atoms with Crippen molar-refractivity contribution in [2.24, 2.45) is 0 Å². The van der Waals surface area contributed by atoms with Gasteiger partial charge in [-0.05, 0) is 23.6 Å². The largest absolute Gasteiger partial charge is 0.388 e. The zero-order valence-electron chi connectivity index (χ0n) is 6.91. The van der Waals surface area contributed by atoms with Crippen molar-refractivity contribution in [1.29, 1.82) is 0 Å². The Hall–Kier alpha value is -1.57. The van der Waals surface area contributed by atoms with Crippen LogP contribution in [0.5, 0.6) is 0 Å². The predicted molar refractivity (Wildman–Crippen MR) is 51.3 cm³/mol. The highest BCUT2D eigenvalue weighted by atomic mass is 14.8. The van der Waals surface area contributed by atoms with E-state index in [9.17, 15) is 0 Å². The van der Waals surface area contributed by atoms with E-state index < -0.39 is 0 Å². The second-order valence-corrected chi connectivity index (χ2v) is 2.69. The van der Waals surface area contributed by atoms with Crippen LogP contribution >= 0.6 is 0 Å². The topological polar surface area (TPSA) is 24.9 Å². The van der Waals surface area contributed by atoms with Gasteiger partial charge >= 0.3 is 0 Å². The van der Waals surface area contributed by atoms with E-state index in [1.165, 1.54) is 10.8 Å². The summed E-state index contributed by atoms with van der Waals surface area (Å²) in [7, 11) is 1.91. The second kappa shape index (κ2) is 2.81. The Kier molecular flexibility index (Phi) is 1.67. The lowest BCUT2D eigenvalue weighted by Gasteiger charge is -2.00. The van der Waals surface area contributed by atoms with Crippen LogP contribution in [0, 0.1) is 0 Å². The quantitative estimate of drug-likeness (QED) is 0.688. The zero-order valence-corrected chi connectivity index (χ0v) is 6.91. The van der Waals surface area contributed by atoms with E-state index in [0.29, 0.717) is 0 Å². The van der Waals surface area contributed by atoms with Crippen molar-refractivity contribution in [3.8, 4) is 0 Å². The highest BCUT2D eigenvalue weighted by Crippen LogP contribution is 2.16. The molecular formula is C10H10N2. The second-order valence-electron chi connectivity index (χ2n) is 2.69. The van der Waals surface area contributed by atoms with E-state index >= 15 is 0 Å². The van der Waals surface area contributed by atoms with Gasteiger partial charge in [0.15, 0.2) is 0 Å². The zero-order chi connectivity index (χ0) is 8.39. The summed E-state index contributed by atoms with van der Waals surface area (Å²) in [6.45, 7) is 0. The first kappa shape index (κ1) is 7.10. The molecule has 1 N–H and O–H groups in total. The summed E-state index contributed by atoms with van der Waals surface area (Å²) in [5, 5.41) is 5.49. The Morgan fingerprint density at radius 1 is 1.17 bits per heavy atom. The van der Waals surface area contributed by atoms with Gasteiger partial charge in [0.2, 0.25) is 0 Å². The molecule has 0 aliphatic rings. The Labute approximate surface area is 71.2 Å². The van der Waals surface area contributed by atoms with E-state index in [0.717, 1.165) is 5.69 Å². The monoisotopic (exact) mass is 158 g/mol. The molecule has 0 saturated heterocycles. The fraction of sp³-hybridized carbons (Fsp3) is 0.100. The third-order valence-corrected chi connectivity index (χ3v) is 1.93. The summed E-state index contributed by atoms with van der Waals surface area (Å²) >= 11 is 0. The molecule has 0 atom stereocenters. The van der Waals surface area contributed by atoms with Gasteiger partial charge in [-0.15, -0.1) is 0 Å². The average Bonchev–Trinajstić information content (AvgIpc) is 2.17. The molecule has 1 aromatic heterocycles. The van der Waals surface area contributed by atoms with Gasteiger partial charge in [-0.2, -0.15) is 0 Å². The van der Waals surface area contributed by atoms with Crippen molar-refractivity contribution in [2.45, 2.75) is 0 Å². The number of rotatable bonds is 1. The van der Waals surface area contributed by atoms with Crippen molar-refractivity contribution < 1.29 is 0 Å². The van der Waals surface area contributed by atoms with Gasteiger partial charge in [-0.3, -0.25) is 4.98 Å². The van der Waals surface area contributed by atoms with E-state index in [1.807, 2.05) is 19.3 Å². The van der Waals surface area contributed by atoms with Gasteiger partial charge in [0.25, 0.3) is 0 Å². The number of anilines is 1. The fourth-order valence-electron chi connectivity index (χ4n) is 1.24. The van der Waals surface area contributed by atoms with Gasteiger partial charge in [0, 0.05) is 30.5 Å². The maximum absolute atomic E-state index is 4.06. The minimum atomic E-state index is 1.12. The minimum Gasteiger partial charge on any atom is -0.388 e. The molecule has 0 aliphatic carbocycles. The highest BCUT2D eigenvalue weighted by Gasteiger charge is 1.92. The number of pyridine rings is 1. The van der Waals surface area contributed by atoms with E-state index in [4.69, 9.17) is 0 Å². The maximum Gasteiger partial charge on any atom is 0.0347 e. The van der Waals surface area contributed by atoms with Gasteiger partial charge in [0.05, 0.1) is 0 Å². The minimum absolute atomic E-state index is 1.12. The molecule has 12 heavy (non-hydrogen) atoms. The smallest absolute Gasteiger partial charge is 0.0347 e. The van der Waals surface area contributed by atoms with Crippen LogP contribution in [0.15, 0.2) is 36.7 Å². The van der Waals surface area contributed by atoms with Crippen LogP contribution in [0.4, 0.5) is 5.69 Å². The Balaban J connectivity index is 2.67. The summed E-state index contributed by atoms with van der Waals surface area (Å²) < 4.78 is 0. The van der Waals surface area contributed by atoms with Crippen LogP contribution in [-0.4, -0.2) is 12.0 Å². The normalized spacial score (nSPS) is 10.1. The molecule has 60 valence electrons. The SMILES string of the molecule is CNc1ccc2ccncc2c1. The predicted octanol–water partition coefficient (Wildman–Crippen LogP) is 2.28. The first-order chi connectivity index (χ1) is 5.90. The fourth-order valence-corrected chi connectivity index (χ4v) is 1.24. The molecular weight excluding hydrogens is 148 g/mol. The molecule has 0 spiro atoms. The lowest BCUT2D eigenvalue weighted by Crippen LogP contribution is -1.86. The highest BCUT2D eigenvalue weighted by molar-refractivity contribution is 5.84. The van der Waals surface area contributed by atoms with Crippen LogP contribution in [0.25, 0.3) is 10.8 Å². The van der Waals surface area contributed by atoms with Gasteiger partial charge < -0.3 is 5.32 Å². The molecule has 0 aliphatic heterocycles. The van der Waals surface area contributed by atoms with Crippen molar-refractivity contribution in [2.75, 3.05) is 12.4 Å². The summed E-state index contributed by atoms with van der Waals surface area (Å²) in [5.41, 5.74) is 1.12. The van der Waals surface area contributed by atoms with Gasteiger partial charge in [-0.1, -0.05) is 6.07 Å². The van der Waals surface area contributed by atoms with E-state index in [-0.39, 0.29) is 0 Å². The van der Waals surface area contributed by atoms with Gasteiger partial charge in [0.1, 0.15) is 0 Å². The number of hydrogen-bond donors (Lipinski definition) is 1. The van der Waals surface area contributed by atoms with Gasteiger partial charge in [-0.25, -0.2) is 0 Å². The molecule has 2 nitrogen and oxygen atoms in total. The first-order valence-corrected chi connectivity index (χ1v) is 3.92. The van der Waals surface area contributed by atoms with Crippen LogP contribution in [-0.2, 0) is 0 Å². The molecule has 0 bridgehead atoms. The number of aromatic nitrogens is 1. The Bertz CT molecular complexity index is 396. The molecule has 0 saturated carbocycles. The number of hydrogen-bond acceptors (Lipinski definition) is 2. The molecule has 1 heterocycles.